The van der Waals surface area contributed by atoms with E-state index in [2.05, 4.69) is 10.3 Å². The molecule has 0 bridgehead atoms. The number of thioether (sulfide) groups is 1. The van der Waals surface area contributed by atoms with Crippen molar-refractivity contribution in [2.45, 2.75) is 16.4 Å². The second kappa shape index (κ2) is 6.39. The maximum Gasteiger partial charge on any atom is 0.446 e. The number of hydrogen-bond donors (Lipinski definition) is 1. The number of carbonyl (C=O) groups is 2. The number of rotatable bonds is 4. The monoisotopic (exact) mass is 371 g/mol. The molecule has 2 N–H and O–H groups in total. The lowest BCUT2D eigenvalue weighted by Crippen LogP contribution is -2.50. The number of nitrogens with two attached hydrogens (primary N) is 1. The maximum absolute atomic E-state index is 12.3. The van der Waals surface area contributed by atoms with E-state index in [1.807, 2.05) is 0 Å². The van der Waals surface area contributed by atoms with Gasteiger partial charge in [-0.05, 0) is 36.0 Å². The number of nitrogens with zero attached hydrogens (tertiary/aromatic N) is 4. The number of carbonyl (C=O) groups excluding carboxylic acids is 2. The van der Waals surface area contributed by atoms with Crippen molar-refractivity contribution in [1.82, 2.24) is 19.9 Å². The molecule has 0 spiro atoms. The number of likely N-dealkylation sites (tertiary alicyclic amines) is 1. The molecule has 0 atom stereocenters. The number of benzene rings is 1. The van der Waals surface area contributed by atoms with Crippen molar-refractivity contribution in [2.75, 3.05) is 13.1 Å². The van der Waals surface area contributed by atoms with Crippen molar-refractivity contribution < 1.29 is 22.8 Å². The highest BCUT2D eigenvalue weighted by atomic mass is 32.2. The summed E-state index contributed by atoms with van der Waals surface area (Å²) in [6.45, 7) is 0.721. The third-order valence-corrected chi connectivity index (χ3v) is 4.36. The van der Waals surface area contributed by atoms with Crippen molar-refractivity contribution >= 4 is 23.6 Å². The molecule has 2 aromatic rings. The third kappa shape index (κ3) is 3.92. The second-order valence-electron chi connectivity index (χ2n) is 5.38. The van der Waals surface area contributed by atoms with E-state index >= 15 is 0 Å². The number of halogens is 3. The molecule has 1 aliphatic heterocycles. The highest BCUT2D eigenvalue weighted by molar-refractivity contribution is 8.00. The van der Waals surface area contributed by atoms with Gasteiger partial charge in [0.1, 0.15) is 0 Å². The Morgan fingerprint density at radius 1 is 1.20 bits per heavy atom. The summed E-state index contributed by atoms with van der Waals surface area (Å²) in [5, 5.41) is 7.42. The third-order valence-electron chi connectivity index (χ3n) is 3.62. The van der Waals surface area contributed by atoms with Crippen LogP contribution in [0.15, 0.2) is 35.4 Å². The van der Waals surface area contributed by atoms with Crippen molar-refractivity contribution in [3.63, 3.8) is 0 Å². The fraction of sp³-hybridized carbons (Fsp3) is 0.286. The molecule has 2 heterocycles. The molecule has 0 unspecified atom stereocenters. The van der Waals surface area contributed by atoms with Gasteiger partial charge >= 0.3 is 5.51 Å². The molecule has 1 aromatic carbocycles. The Bertz CT molecular complexity index is 800. The normalized spacial score (nSPS) is 15.1. The first-order valence-corrected chi connectivity index (χ1v) is 7.91. The highest BCUT2D eigenvalue weighted by Gasteiger charge is 2.34. The van der Waals surface area contributed by atoms with Gasteiger partial charge in [-0.15, -0.1) is 5.10 Å². The smallest absolute Gasteiger partial charge is 0.364 e. The van der Waals surface area contributed by atoms with Gasteiger partial charge in [-0.25, -0.2) is 4.68 Å². The first-order valence-electron chi connectivity index (χ1n) is 7.09. The molecule has 1 aromatic heterocycles. The minimum Gasteiger partial charge on any atom is -0.364 e. The van der Waals surface area contributed by atoms with E-state index in [-0.39, 0.29) is 34.3 Å². The predicted octanol–water partition coefficient (Wildman–Crippen LogP) is 1.69. The van der Waals surface area contributed by atoms with Crippen LogP contribution in [0.2, 0.25) is 0 Å². The lowest BCUT2D eigenvalue weighted by molar-refractivity contribution is -0.0328. The summed E-state index contributed by atoms with van der Waals surface area (Å²) < 4.78 is 38.3. The zero-order valence-electron chi connectivity index (χ0n) is 12.6. The molecule has 2 amide bonds. The molecule has 3 rings (SSSR count). The number of alkyl halides is 3. The number of hydrogen-bond acceptors (Lipinski definition) is 5. The second-order valence-corrected chi connectivity index (χ2v) is 6.52. The van der Waals surface area contributed by atoms with Crippen LogP contribution in [0.5, 0.6) is 0 Å². The largest absolute Gasteiger partial charge is 0.446 e. The van der Waals surface area contributed by atoms with Gasteiger partial charge in [-0.1, -0.05) is 5.21 Å². The van der Waals surface area contributed by atoms with Crippen molar-refractivity contribution in [2.24, 2.45) is 5.73 Å². The van der Waals surface area contributed by atoms with Gasteiger partial charge in [-0.2, -0.15) is 13.2 Å². The van der Waals surface area contributed by atoms with Crippen LogP contribution in [-0.4, -0.2) is 50.3 Å². The average Bonchev–Trinajstić information content (AvgIpc) is 2.94. The zero-order valence-corrected chi connectivity index (χ0v) is 13.4. The van der Waals surface area contributed by atoms with Gasteiger partial charge < -0.3 is 10.6 Å². The van der Waals surface area contributed by atoms with Gasteiger partial charge in [0.2, 0.25) is 0 Å². The quantitative estimate of drug-likeness (QED) is 0.826. The number of primary amides is 1. The lowest BCUT2D eigenvalue weighted by Gasteiger charge is -2.38. The summed E-state index contributed by atoms with van der Waals surface area (Å²) in [7, 11) is 0. The van der Waals surface area contributed by atoms with Gasteiger partial charge in [0.25, 0.3) is 11.8 Å². The van der Waals surface area contributed by atoms with Gasteiger partial charge in [0, 0.05) is 23.5 Å². The minimum absolute atomic E-state index is 0.0205. The van der Waals surface area contributed by atoms with Crippen molar-refractivity contribution in [3.8, 4) is 0 Å². The van der Waals surface area contributed by atoms with Crippen molar-refractivity contribution in [3.05, 3.63) is 41.7 Å². The van der Waals surface area contributed by atoms with Crippen LogP contribution in [0.4, 0.5) is 13.2 Å². The Hall–Kier alpha value is -2.56. The Labute approximate surface area is 144 Å². The van der Waals surface area contributed by atoms with E-state index in [0.717, 1.165) is 0 Å². The Balaban J connectivity index is 1.59. The summed E-state index contributed by atoms with van der Waals surface area (Å²) in [5.74, 6) is -0.967. The summed E-state index contributed by atoms with van der Waals surface area (Å²) in [4.78, 5) is 24.8. The van der Waals surface area contributed by atoms with Crippen LogP contribution in [0.3, 0.4) is 0 Å². The van der Waals surface area contributed by atoms with Gasteiger partial charge in [-0.3, -0.25) is 9.59 Å². The predicted molar refractivity (Wildman–Crippen MR) is 81.8 cm³/mol. The molecule has 0 saturated carbocycles. The topological polar surface area (TPSA) is 94.1 Å². The highest BCUT2D eigenvalue weighted by Crippen LogP contribution is 2.36. The summed E-state index contributed by atoms with van der Waals surface area (Å²) in [5.41, 5.74) is 1.08. The van der Waals surface area contributed by atoms with Crippen LogP contribution < -0.4 is 5.73 Å². The first kappa shape index (κ1) is 17.3. The molecular formula is C14H12F3N5O2S. The lowest BCUT2D eigenvalue weighted by atomic mass is 10.1. The molecule has 132 valence electrons. The van der Waals surface area contributed by atoms with E-state index in [9.17, 15) is 22.8 Å². The van der Waals surface area contributed by atoms with Gasteiger partial charge in [0.15, 0.2) is 5.69 Å². The molecule has 11 heteroatoms. The van der Waals surface area contributed by atoms with Crippen LogP contribution >= 0.6 is 11.8 Å². The fourth-order valence-corrected chi connectivity index (χ4v) is 2.88. The standard InChI is InChI=1S/C14H12F3N5O2S/c15-14(16,17)25-10-3-1-8(2-4-10)13(24)21-5-9(6-21)22-7-11(12(18)23)19-20-22/h1-4,7,9H,5-6H2,(H2,18,23). The number of aromatic nitrogens is 3. The SMILES string of the molecule is NC(=O)c1cn(C2CN(C(=O)c3ccc(SC(F)(F)F)cc3)C2)nn1. The molecule has 1 saturated heterocycles. The maximum atomic E-state index is 12.3. The Morgan fingerprint density at radius 2 is 1.84 bits per heavy atom. The Morgan fingerprint density at radius 3 is 2.36 bits per heavy atom. The zero-order chi connectivity index (χ0) is 18.2. The Kier molecular flexibility index (Phi) is 4.41. The van der Waals surface area contributed by atoms with E-state index in [4.69, 9.17) is 5.73 Å². The van der Waals surface area contributed by atoms with Crippen LogP contribution in [0.25, 0.3) is 0 Å². The van der Waals surface area contributed by atoms with Crippen molar-refractivity contribution in [1.29, 1.82) is 0 Å². The van der Waals surface area contributed by atoms with Crippen LogP contribution in [0, 0.1) is 0 Å². The molecular weight excluding hydrogens is 359 g/mol. The number of amides is 2. The molecule has 1 fully saturated rings. The average molecular weight is 371 g/mol. The first-order chi connectivity index (χ1) is 11.7. The fourth-order valence-electron chi connectivity index (χ4n) is 2.34. The summed E-state index contributed by atoms with van der Waals surface area (Å²) in [6, 6.07) is 5.14. The van der Waals surface area contributed by atoms with E-state index in [0.29, 0.717) is 18.7 Å². The molecule has 25 heavy (non-hydrogen) atoms. The molecule has 7 nitrogen and oxygen atoms in total. The van der Waals surface area contributed by atoms with Crippen LogP contribution in [-0.2, 0) is 0 Å². The van der Waals surface area contributed by atoms with E-state index < -0.39 is 11.4 Å². The molecule has 1 aliphatic rings. The summed E-state index contributed by atoms with van der Waals surface area (Å²) >= 11 is -0.230. The molecule has 0 radical (unpaired) electrons. The van der Waals surface area contributed by atoms with E-state index in [1.54, 1.807) is 0 Å². The molecule has 0 aliphatic carbocycles. The van der Waals surface area contributed by atoms with Gasteiger partial charge in [0.05, 0.1) is 12.2 Å². The summed E-state index contributed by atoms with van der Waals surface area (Å²) in [6.07, 6.45) is 1.41. The minimum atomic E-state index is -4.36. The van der Waals surface area contributed by atoms with E-state index in [1.165, 1.54) is 40.0 Å². The van der Waals surface area contributed by atoms with Crippen LogP contribution in [0.1, 0.15) is 26.9 Å².